The van der Waals surface area contributed by atoms with Crippen molar-refractivity contribution in [3.8, 4) is 11.9 Å². The minimum atomic E-state index is -0.264. The van der Waals surface area contributed by atoms with Gasteiger partial charge in [0.1, 0.15) is 12.2 Å². The summed E-state index contributed by atoms with van der Waals surface area (Å²) in [6.07, 6.45) is 2.69. The molecule has 1 saturated heterocycles. The number of halogens is 2. The van der Waals surface area contributed by atoms with Gasteiger partial charge >= 0.3 is 0 Å². The Morgan fingerprint density at radius 2 is 2.00 bits per heavy atom. The summed E-state index contributed by atoms with van der Waals surface area (Å²) < 4.78 is 6.12. The Morgan fingerprint density at radius 1 is 1.18 bits per heavy atom. The van der Waals surface area contributed by atoms with Gasteiger partial charge in [-0.25, -0.2) is 4.98 Å². The fourth-order valence-electron chi connectivity index (χ4n) is 4.13. The van der Waals surface area contributed by atoms with Crippen LogP contribution in [0.25, 0.3) is 0 Å². The number of aromatic nitrogens is 3. The molecule has 0 saturated carbocycles. The maximum Gasteiger partial charge on any atom is 0.255 e. The van der Waals surface area contributed by atoms with Gasteiger partial charge in [-0.2, -0.15) is 15.5 Å². The molecule has 3 aromatic rings. The fraction of sp³-hybridized carbons (Fsp3) is 0.292. The predicted molar refractivity (Wildman–Crippen MR) is 124 cm³/mol. The maximum absolute atomic E-state index is 13.2. The molecule has 3 heterocycles. The maximum atomic E-state index is 13.2. The minimum absolute atomic E-state index is 0.0204. The van der Waals surface area contributed by atoms with Crippen molar-refractivity contribution in [3.05, 3.63) is 81.2 Å². The summed E-state index contributed by atoms with van der Waals surface area (Å²) in [5.74, 6) is 0.268. The second-order valence-corrected chi connectivity index (χ2v) is 8.87. The highest BCUT2D eigenvalue weighted by Crippen LogP contribution is 2.38. The number of rotatable bonds is 5. The van der Waals surface area contributed by atoms with Crippen LogP contribution in [0.1, 0.15) is 40.0 Å². The number of carbonyl (C=O) groups is 1. The third-order valence-corrected chi connectivity index (χ3v) is 6.56. The summed E-state index contributed by atoms with van der Waals surface area (Å²) in [5.41, 5.74) is 2.62. The molecule has 0 N–H and O–H groups in total. The Kier molecular flexibility index (Phi) is 6.77. The Balaban J connectivity index is 1.61. The first-order valence-corrected chi connectivity index (χ1v) is 11.2. The molecule has 9 heteroatoms. The molecule has 3 atom stereocenters. The highest BCUT2D eigenvalue weighted by Gasteiger charge is 2.40. The van der Waals surface area contributed by atoms with E-state index in [2.05, 4.69) is 15.2 Å². The Hall–Kier alpha value is -3.21. The minimum Gasteiger partial charge on any atom is -0.474 e. The molecule has 1 aromatic carbocycles. The van der Waals surface area contributed by atoms with Gasteiger partial charge in [0.15, 0.2) is 0 Å². The summed E-state index contributed by atoms with van der Waals surface area (Å²) in [6, 6.07) is 12.7. The molecule has 33 heavy (non-hydrogen) atoms. The first kappa shape index (κ1) is 23.0. The Labute approximate surface area is 201 Å². The van der Waals surface area contributed by atoms with Gasteiger partial charge in [0.05, 0.1) is 33.1 Å². The number of hydrogen-bond acceptors (Lipinski definition) is 6. The summed E-state index contributed by atoms with van der Waals surface area (Å²) in [5, 5.41) is 17.8. The number of benzene rings is 1. The van der Waals surface area contributed by atoms with E-state index in [4.69, 9.17) is 33.2 Å². The summed E-state index contributed by atoms with van der Waals surface area (Å²) in [7, 11) is 0. The number of aryl methyl sites for hydroxylation is 1. The second kappa shape index (κ2) is 9.74. The Morgan fingerprint density at radius 3 is 2.67 bits per heavy atom. The molecule has 0 radical (unpaired) electrons. The SMILES string of the molecule is Cc1cc(C(=O)N2CC([C@H](C)Oc3ccc(C#N)cn3)[C@@H](c3ccc(Cl)c(Cl)c3)C2)cnn1. The van der Waals surface area contributed by atoms with Crippen molar-refractivity contribution in [1.82, 2.24) is 20.1 Å². The zero-order valence-electron chi connectivity index (χ0n) is 18.1. The van der Waals surface area contributed by atoms with Crippen LogP contribution in [0.2, 0.25) is 10.0 Å². The van der Waals surface area contributed by atoms with E-state index in [9.17, 15) is 4.79 Å². The van der Waals surface area contributed by atoms with Crippen LogP contribution < -0.4 is 4.74 Å². The Bertz CT molecular complexity index is 1210. The average Bonchev–Trinajstić information content (AvgIpc) is 3.26. The second-order valence-electron chi connectivity index (χ2n) is 8.06. The first-order chi connectivity index (χ1) is 15.9. The molecule has 7 nitrogen and oxygen atoms in total. The average molecular weight is 482 g/mol. The number of nitrogens with zero attached hydrogens (tertiary/aromatic N) is 5. The number of ether oxygens (including phenoxy) is 1. The van der Waals surface area contributed by atoms with Gasteiger partial charge in [-0.3, -0.25) is 4.79 Å². The molecule has 1 aliphatic heterocycles. The molecular weight excluding hydrogens is 461 g/mol. The highest BCUT2D eigenvalue weighted by atomic mass is 35.5. The lowest BCUT2D eigenvalue weighted by Gasteiger charge is -2.25. The van der Waals surface area contributed by atoms with Crippen molar-refractivity contribution >= 4 is 29.1 Å². The van der Waals surface area contributed by atoms with Gasteiger partial charge in [-0.05, 0) is 43.7 Å². The van der Waals surface area contributed by atoms with Crippen molar-refractivity contribution in [2.75, 3.05) is 13.1 Å². The van der Waals surface area contributed by atoms with E-state index in [0.717, 1.165) is 5.56 Å². The number of pyridine rings is 1. The highest BCUT2D eigenvalue weighted by molar-refractivity contribution is 6.42. The first-order valence-electron chi connectivity index (χ1n) is 10.4. The standard InChI is InChI=1S/C24H21Cl2N5O2/c1-14-7-18(11-29-30-14)24(32)31-12-19(15(2)33-23-6-3-16(9-27)10-28-23)20(13-31)17-4-5-21(25)22(26)8-17/h3-8,10-11,15,19-20H,12-13H2,1-2H3/t15-,19?,20+/m0/s1. The largest absolute Gasteiger partial charge is 0.474 e. The third-order valence-electron chi connectivity index (χ3n) is 5.82. The van der Waals surface area contributed by atoms with Crippen LogP contribution in [-0.2, 0) is 0 Å². The van der Waals surface area contributed by atoms with Gasteiger partial charge in [0, 0.05) is 37.2 Å². The van der Waals surface area contributed by atoms with Gasteiger partial charge in [0.2, 0.25) is 5.88 Å². The molecule has 1 aliphatic rings. The predicted octanol–water partition coefficient (Wildman–Crippen LogP) is 4.68. The van der Waals surface area contributed by atoms with Gasteiger partial charge in [0.25, 0.3) is 5.91 Å². The molecule has 4 rings (SSSR count). The molecule has 2 aromatic heterocycles. The summed E-state index contributed by atoms with van der Waals surface area (Å²) >= 11 is 12.4. The van der Waals surface area contributed by atoms with Crippen LogP contribution in [0.3, 0.4) is 0 Å². The van der Waals surface area contributed by atoms with E-state index >= 15 is 0 Å². The zero-order chi connectivity index (χ0) is 23.5. The number of nitriles is 1. The van der Waals surface area contributed by atoms with Gasteiger partial charge < -0.3 is 9.64 Å². The third kappa shape index (κ3) is 5.08. The van der Waals surface area contributed by atoms with E-state index in [1.54, 1.807) is 36.1 Å². The number of amides is 1. The van der Waals surface area contributed by atoms with E-state index < -0.39 is 0 Å². The molecule has 1 amide bonds. The molecule has 1 fully saturated rings. The van der Waals surface area contributed by atoms with Crippen LogP contribution in [-0.4, -0.2) is 45.2 Å². The monoisotopic (exact) mass is 481 g/mol. The van der Waals surface area contributed by atoms with Crippen molar-refractivity contribution < 1.29 is 9.53 Å². The van der Waals surface area contributed by atoms with Gasteiger partial charge in [-0.1, -0.05) is 29.3 Å². The van der Waals surface area contributed by atoms with E-state index in [-0.39, 0.29) is 23.8 Å². The van der Waals surface area contributed by atoms with Crippen LogP contribution >= 0.6 is 23.2 Å². The smallest absolute Gasteiger partial charge is 0.255 e. The van der Waals surface area contributed by atoms with Crippen LogP contribution in [0.4, 0.5) is 0 Å². The quantitative estimate of drug-likeness (QED) is 0.525. The van der Waals surface area contributed by atoms with E-state index in [0.29, 0.717) is 45.8 Å². The summed E-state index contributed by atoms with van der Waals surface area (Å²) in [6.45, 7) is 4.75. The van der Waals surface area contributed by atoms with Crippen molar-refractivity contribution in [2.45, 2.75) is 25.9 Å². The van der Waals surface area contributed by atoms with Crippen LogP contribution in [0.5, 0.6) is 5.88 Å². The van der Waals surface area contributed by atoms with Crippen molar-refractivity contribution in [1.29, 1.82) is 5.26 Å². The lowest BCUT2D eigenvalue weighted by atomic mass is 9.86. The molecule has 0 spiro atoms. The van der Waals surface area contributed by atoms with Gasteiger partial charge in [-0.15, -0.1) is 0 Å². The lowest BCUT2D eigenvalue weighted by molar-refractivity contribution is 0.0769. The normalized spacial score (nSPS) is 18.6. The topological polar surface area (TPSA) is 92.0 Å². The molecular formula is C24H21Cl2N5O2. The fourth-order valence-corrected chi connectivity index (χ4v) is 4.44. The molecule has 0 aliphatic carbocycles. The van der Waals surface area contributed by atoms with Crippen LogP contribution in [0, 0.1) is 24.2 Å². The molecule has 168 valence electrons. The number of carbonyl (C=O) groups excluding carboxylic acids is 1. The van der Waals surface area contributed by atoms with Crippen molar-refractivity contribution in [2.24, 2.45) is 5.92 Å². The summed E-state index contributed by atoms with van der Waals surface area (Å²) in [4.78, 5) is 19.2. The molecule has 1 unspecified atom stereocenters. The van der Waals surface area contributed by atoms with Crippen molar-refractivity contribution in [3.63, 3.8) is 0 Å². The van der Waals surface area contributed by atoms with E-state index in [1.165, 1.54) is 12.4 Å². The lowest BCUT2D eigenvalue weighted by Crippen LogP contribution is -2.32. The zero-order valence-corrected chi connectivity index (χ0v) is 19.6. The number of hydrogen-bond donors (Lipinski definition) is 0. The molecule has 0 bridgehead atoms. The van der Waals surface area contributed by atoms with Crippen LogP contribution in [0.15, 0.2) is 48.8 Å². The van der Waals surface area contributed by atoms with E-state index in [1.807, 2.05) is 25.1 Å². The number of likely N-dealkylation sites (tertiary alicyclic amines) is 1.